The van der Waals surface area contributed by atoms with Crippen LogP contribution in [0.1, 0.15) is 130 Å². The molecule has 0 heterocycles. The summed E-state index contributed by atoms with van der Waals surface area (Å²) in [4.78, 5) is 0. The molecule has 0 heteroatoms. The first-order chi connectivity index (χ1) is 12.8. The van der Waals surface area contributed by atoms with Crippen LogP contribution in [0.4, 0.5) is 0 Å². The highest BCUT2D eigenvalue weighted by molar-refractivity contribution is 5.16. The van der Waals surface area contributed by atoms with E-state index in [1.807, 2.05) is 0 Å². The normalized spacial score (nSPS) is 18.1. The lowest BCUT2D eigenvalue weighted by molar-refractivity contribution is 0.372. The Labute approximate surface area is 165 Å². The molecule has 0 aliphatic heterocycles. The first-order valence-electron chi connectivity index (χ1n) is 12.1. The maximum Gasteiger partial charge on any atom is -0.00481 e. The standard InChI is InChI=1S/C26H48/c1-4-6-7-8-9-10-11-12-13-14-15-16-20-25(18-5-2)23-26-21-17-19-24(3)22-26/h17,21-22,25-26H,4-16,18-20,23H2,1-3H3. The van der Waals surface area contributed by atoms with Crippen LogP contribution >= 0.6 is 0 Å². The van der Waals surface area contributed by atoms with Crippen molar-refractivity contribution in [1.82, 2.24) is 0 Å². The molecule has 0 amide bonds. The maximum atomic E-state index is 2.52. The minimum absolute atomic E-state index is 0.720. The highest BCUT2D eigenvalue weighted by Crippen LogP contribution is 2.28. The van der Waals surface area contributed by atoms with Gasteiger partial charge in [0.25, 0.3) is 0 Å². The number of allylic oxidation sites excluding steroid dienone is 4. The van der Waals surface area contributed by atoms with Gasteiger partial charge in [-0.05, 0) is 31.6 Å². The van der Waals surface area contributed by atoms with Gasteiger partial charge in [-0.2, -0.15) is 0 Å². The smallest absolute Gasteiger partial charge is 0.00481 e. The van der Waals surface area contributed by atoms with Crippen LogP contribution in [0, 0.1) is 11.8 Å². The van der Waals surface area contributed by atoms with Gasteiger partial charge in [-0.15, -0.1) is 0 Å². The van der Waals surface area contributed by atoms with Crippen molar-refractivity contribution in [3.8, 4) is 0 Å². The lowest BCUT2D eigenvalue weighted by Gasteiger charge is -2.21. The average Bonchev–Trinajstić information content (AvgIpc) is 2.63. The number of hydrogen-bond donors (Lipinski definition) is 0. The van der Waals surface area contributed by atoms with Crippen LogP contribution in [0.25, 0.3) is 0 Å². The second-order valence-corrected chi connectivity index (χ2v) is 8.88. The zero-order valence-electron chi connectivity index (χ0n) is 18.4. The molecule has 2 unspecified atom stereocenters. The fourth-order valence-corrected chi connectivity index (χ4v) is 4.51. The van der Waals surface area contributed by atoms with E-state index in [2.05, 4.69) is 39.0 Å². The molecule has 0 aromatic rings. The molecule has 0 bridgehead atoms. The lowest BCUT2D eigenvalue weighted by atomic mass is 9.84. The Balaban J connectivity index is 1.98. The first-order valence-corrected chi connectivity index (χ1v) is 12.1. The highest BCUT2D eigenvalue weighted by Gasteiger charge is 2.14. The second-order valence-electron chi connectivity index (χ2n) is 8.88. The van der Waals surface area contributed by atoms with E-state index >= 15 is 0 Å². The Morgan fingerprint density at radius 1 is 0.769 bits per heavy atom. The predicted molar refractivity (Wildman–Crippen MR) is 120 cm³/mol. The SMILES string of the molecule is CCCCCCCCCCCCCCC(CCC)CC1C=CCC(C)=C1. The van der Waals surface area contributed by atoms with Gasteiger partial charge in [-0.3, -0.25) is 0 Å². The van der Waals surface area contributed by atoms with Crippen LogP contribution in [0.2, 0.25) is 0 Å². The second kappa shape index (κ2) is 16.6. The van der Waals surface area contributed by atoms with E-state index in [4.69, 9.17) is 0 Å². The molecule has 0 N–H and O–H groups in total. The molecule has 0 nitrogen and oxygen atoms in total. The van der Waals surface area contributed by atoms with E-state index in [0.29, 0.717) is 0 Å². The molecular formula is C26H48. The van der Waals surface area contributed by atoms with Crippen molar-refractivity contribution in [1.29, 1.82) is 0 Å². The van der Waals surface area contributed by atoms with Crippen molar-refractivity contribution in [3.63, 3.8) is 0 Å². The average molecular weight is 361 g/mol. The zero-order valence-corrected chi connectivity index (χ0v) is 18.4. The Hall–Kier alpha value is -0.520. The van der Waals surface area contributed by atoms with Crippen LogP contribution in [0.15, 0.2) is 23.8 Å². The van der Waals surface area contributed by atoms with Crippen LogP contribution in [-0.4, -0.2) is 0 Å². The number of rotatable bonds is 17. The zero-order chi connectivity index (χ0) is 18.9. The van der Waals surface area contributed by atoms with Gasteiger partial charge in [0.2, 0.25) is 0 Å². The lowest BCUT2D eigenvalue weighted by Crippen LogP contribution is -2.08. The van der Waals surface area contributed by atoms with Gasteiger partial charge in [0, 0.05) is 0 Å². The molecule has 1 rings (SSSR count). The molecular weight excluding hydrogens is 312 g/mol. The topological polar surface area (TPSA) is 0 Å². The van der Waals surface area contributed by atoms with Crippen molar-refractivity contribution >= 4 is 0 Å². The third-order valence-corrected chi connectivity index (χ3v) is 6.09. The van der Waals surface area contributed by atoms with E-state index in [1.165, 1.54) is 109 Å². The summed E-state index contributed by atoms with van der Waals surface area (Å²) in [5.74, 6) is 1.66. The molecule has 2 atom stereocenters. The minimum atomic E-state index is 0.720. The minimum Gasteiger partial charge on any atom is -0.0839 e. The van der Waals surface area contributed by atoms with E-state index in [1.54, 1.807) is 5.57 Å². The van der Waals surface area contributed by atoms with Crippen molar-refractivity contribution in [3.05, 3.63) is 23.8 Å². The molecule has 0 radical (unpaired) electrons. The fourth-order valence-electron chi connectivity index (χ4n) is 4.51. The summed E-state index contributed by atoms with van der Waals surface area (Å²) in [6, 6.07) is 0. The molecule has 152 valence electrons. The van der Waals surface area contributed by atoms with Gasteiger partial charge in [-0.1, -0.05) is 134 Å². The van der Waals surface area contributed by atoms with Gasteiger partial charge in [0.1, 0.15) is 0 Å². The Bertz CT molecular complexity index is 362. The third kappa shape index (κ3) is 12.8. The first kappa shape index (κ1) is 23.5. The molecule has 0 fully saturated rings. The molecule has 0 aromatic heterocycles. The molecule has 0 saturated carbocycles. The summed E-state index contributed by atoms with van der Waals surface area (Å²) in [5.41, 5.74) is 1.57. The predicted octanol–water partition coefficient (Wildman–Crippen LogP) is 9.41. The summed E-state index contributed by atoms with van der Waals surface area (Å²) in [6.45, 7) is 6.94. The van der Waals surface area contributed by atoms with Crippen molar-refractivity contribution in [2.45, 2.75) is 130 Å². The summed E-state index contributed by atoms with van der Waals surface area (Å²) < 4.78 is 0. The van der Waals surface area contributed by atoms with Gasteiger partial charge < -0.3 is 0 Å². The van der Waals surface area contributed by atoms with Crippen molar-refractivity contribution in [2.75, 3.05) is 0 Å². The number of hydrogen-bond acceptors (Lipinski definition) is 0. The van der Waals surface area contributed by atoms with Crippen molar-refractivity contribution < 1.29 is 0 Å². The highest BCUT2D eigenvalue weighted by atomic mass is 14.2. The summed E-state index contributed by atoms with van der Waals surface area (Å²) in [6.07, 6.45) is 31.7. The molecule has 0 saturated heterocycles. The van der Waals surface area contributed by atoms with Crippen LogP contribution in [0.3, 0.4) is 0 Å². The van der Waals surface area contributed by atoms with Gasteiger partial charge in [-0.25, -0.2) is 0 Å². The Kier molecular flexibility index (Phi) is 15.1. The molecule has 1 aliphatic carbocycles. The monoisotopic (exact) mass is 360 g/mol. The van der Waals surface area contributed by atoms with Gasteiger partial charge in [0.15, 0.2) is 0 Å². The maximum absolute atomic E-state index is 2.52. The van der Waals surface area contributed by atoms with Crippen LogP contribution in [0.5, 0.6) is 0 Å². The third-order valence-electron chi connectivity index (χ3n) is 6.09. The fraction of sp³-hybridized carbons (Fsp3) is 0.846. The molecule has 26 heavy (non-hydrogen) atoms. The van der Waals surface area contributed by atoms with Gasteiger partial charge in [0.05, 0.1) is 0 Å². The van der Waals surface area contributed by atoms with Crippen LogP contribution in [-0.2, 0) is 0 Å². The van der Waals surface area contributed by atoms with E-state index in [9.17, 15) is 0 Å². The summed E-state index contributed by atoms with van der Waals surface area (Å²) in [7, 11) is 0. The van der Waals surface area contributed by atoms with Crippen LogP contribution < -0.4 is 0 Å². The number of unbranched alkanes of at least 4 members (excludes halogenated alkanes) is 11. The van der Waals surface area contributed by atoms with E-state index in [-0.39, 0.29) is 0 Å². The summed E-state index contributed by atoms with van der Waals surface area (Å²) in [5, 5.41) is 0. The summed E-state index contributed by atoms with van der Waals surface area (Å²) >= 11 is 0. The quantitative estimate of drug-likeness (QED) is 0.179. The molecule has 0 spiro atoms. The van der Waals surface area contributed by atoms with Crippen molar-refractivity contribution in [2.24, 2.45) is 11.8 Å². The largest absolute Gasteiger partial charge is 0.0839 e. The Morgan fingerprint density at radius 2 is 1.35 bits per heavy atom. The van der Waals surface area contributed by atoms with E-state index in [0.717, 1.165) is 11.8 Å². The molecule has 0 aromatic carbocycles. The molecule has 1 aliphatic rings. The van der Waals surface area contributed by atoms with E-state index < -0.39 is 0 Å². The Morgan fingerprint density at radius 3 is 1.88 bits per heavy atom. The van der Waals surface area contributed by atoms with Gasteiger partial charge >= 0.3 is 0 Å².